The Balaban J connectivity index is 2.26. The summed E-state index contributed by atoms with van der Waals surface area (Å²) < 4.78 is 0. The standard InChI is InChI=1S/C15H32N4/c1-16-9-8-15(19-4)11-13(17-2)6-5-7-14(10-13,12-15)18-3/h16-19H,5-12H2,1-4H3/t13-,14?,15?/m1/s1. The SMILES string of the molecule is CNCCC1(NC)CC2(NC)CCC[C@@](NC)(C2)C1. The van der Waals surface area contributed by atoms with Crippen molar-refractivity contribution in [2.24, 2.45) is 0 Å². The Morgan fingerprint density at radius 2 is 1.37 bits per heavy atom. The van der Waals surface area contributed by atoms with Crippen LogP contribution >= 0.6 is 0 Å². The van der Waals surface area contributed by atoms with Gasteiger partial charge >= 0.3 is 0 Å². The molecular weight excluding hydrogens is 236 g/mol. The highest BCUT2D eigenvalue weighted by Gasteiger charge is 2.54. The molecule has 2 bridgehead atoms. The molecule has 0 aromatic heterocycles. The molecule has 0 aliphatic heterocycles. The van der Waals surface area contributed by atoms with Gasteiger partial charge in [0.05, 0.1) is 0 Å². The highest BCUT2D eigenvalue weighted by molar-refractivity contribution is 5.16. The van der Waals surface area contributed by atoms with Gasteiger partial charge in [0.2, 0.25) is 0 Å². The number of hydrogen-bond donors (Lipinski definition) is 4. The maximum Gasteiger partial charge on any atom is 0.0225 e. The summed E-state index contributed by atoms with van der Waals surface area (Å²) >= 11 is 0. The van der Waals surface area contributed by atoms with Crippen molar-refractivity contribution in [2.45, 2.75) is 61.6 Å². The van der Waals surface area contributed by atoms with Gasteiger partial charge in [-0.3, -0.25) is 0 Å². The molecule has 0 spiro atoms. The number of rotatable bonds is 6. The predicted molar refractivity (Wildman–Crippen MR) is 81.6 cm³/mol. The highest BCUT2D eigenvalue weighted by atomic mass is 15.1. The van der Waals surface area contributed by atoms with Crippen LogP contribution in [0.15, 0.2) is 0 Å². The fraction of sp³-hybridized carbons (Fsp3) is 1.00. The molecule has 2 unspecified atom stereocenters. The van der Waals surface area contributed by atoms with Crippen molar-refractivity contribution in [3.8, 4) is 0 Å². The molecule has 0 aromatic rings. The summed E-state index contributed by atoms with van der Waals surface area (Å²) in [4.78, 5) is 0. The Morgan fingerprint density at radius 1 is 0.789 bits per heavy atom. The lowest BCUT2D eigenvalue weighted by atomic mass is 9.56. The molecule has 0 heterocycles. The molecule has 4 heteroatoms. The summed E-state index contributed by atoms with van der Waals surface area (Å²) in [6.07, 6.45) is 8.94. The highest BCUT2D eigenvalue weighted by Crippen LogP contribution is 2.49. The van der Waals surface area contributed by atoms with Crippen LogP contribution in [0.5, 0.6) is 0 Å². The Kier molecular flexibility index (Phi) is 4.56. The van der Waals surface area contributed by atoms with Crippen LogP contribution in [0.25, 0.3) is 0 Å². The van der Waals surface area contributed by atoms with E-state index in [4.69, 9.17) is 0 Å². The molecule has 2 aliphatic rings. The van der Waals surface area contributed by atoms with E-state index in [1.165, 1.54) is 44.9 Å². The third-order valence-electron chi connectivity index (χ3n) is 5.79. The van der Waals surface area contributed by atoms with E-state index in [0.29, 0.717) is 11.1 Å². The van der Waals surface area contributed by atoms with E-state index >= 15 is 0 Å². The first-order valence-electron chi connectivity index (χ1n) is 7.79. The Bertz CT molecular complexity index is 287. The van der Waals surface area contributed by atoms with Gasteiger partial charge in [-0.2, -0.15) is 0 Å². The maximum atomic E-state index is 3.68. The van der Waals surface area contributed by atoms with Crippen LogP contribution in [0.2, 0.25) is 0 Å². The van der Waals surface area contributed by atoms with Crippen molar-refractivity contribution in [3.63, 3.8) is 0 Å². The monoisotopic (exact) mass is 268 g/mol. The molecule has 3 atom stereocenters. The Morgan fingerprint density at radius 3 is 1.79 bits per heavy atom. The molecule has 0 amide bonds. The number of nitrogens with one attached hydrogen (secondary N) is 4. The van der Waals surface area contributed by atoms with Gasteiger partial charge in [-0.25, -0.2) is 0 Å². The minimum absolute atomic E-state index is 0.258. The van der Waals surface area contributed by atoms with E-state index in [2.05, 4.69) is 49.5 Å². The van der Waals surface area contributed by atoms with Gasteiger partial charge in [0.1, 0.15) is 0 Å². The summed E-state index contributed by atoms with van der Waals surface area (Å²) in [5, 5.41) is 14.3. The van der Waals surface area contributed by atoms with Crippen LogP contribution < -0.4 is 21.3 Å². The molecule has 2 fully saturated rings. The lowest BCUT2D eigenvalue weighted by Gasteiger charge is -2.59. The van der Waals surface area contributed by atoms with Gasteiger partial charge in [0.15, 0.2) is 0 Å². The second-order valence-electron chi connectivity index (χ2n) is 6.83. The summed E-state index contributed by atoms with van der Waals surface area (Å²) in [6, 6.07) is 0. The van der Waals surface area contributed by atoms with Crippen LogP contribution in [0.3, 0.4) is 0 Å². The zero-order valence-corrected chi connectivity index (χ0v) is 13.2. The van der Waals surface area contributed by atoms with E-state index in [1.807, 2.05) is 0 Å². The fourth-order valence-corrected chi connectivity index (χ4v) is 4.70. The predicted octanol–water partition coefficient (Wildman–Crippen LogP) is 0.838. The van der Waals surface area contributed by atoms with Gasteiger partial charge in [-0.1, -0.05) is 0 Å². The van der Waals surface area contributed by atoms with Crippen molar-refractivity contribution in [2.75, 3.05) is 34.7 Å². The summed E-state index contributed by atoms with van der Waals surface area (Å²) in [5.74, 6) is 0. The van der Waals surface area contributed by atoms with Gasteiger partial charge in [-0.05, 0) is 79.7 Å². The van der Waals surface area contributed by atoms with Crippen molar-refractivity contribution in [1.82, 2.24) is 21.3 Å². The largest absolute Gasteiger partial charge is 0.320 e. The van der Waals surface area contributed by atoms with E-state index < -0.39 is 0 Å². The summed E-state index contributed by atoms with van der Waals surface area (Å²) in [5.41, 5.74) is 0.889. The normalized spacial score (nSPS) is 42.3. The van der Waals surface area contributed by atoms with Crippen LogP contribution in [0.1, 0.15) is 44.9 Å². The third kappa shape index (κ3) is 2.82. The first kappa shape index (κ1) is 15.2. The van der Waals surface area contributed by atoms with Crippen molar-refractivity contribution in [3.05, 3.63) is 0 Å². The smallest absolute Gasteiger partial charge is 0.0225 e. The average molecular weight is 268 g/mol. The zero-order chi connectivity index (χ0) is 14.0. The van der Waals surface area contributed by atoms with E-state index in [-0.39, 0.29) is 5.54 Å². The molecule has 19 heavy (non-hydrogen) atoms. The number of fused-ring (bicyclic) bond motifs is 2. The third-order valence-corrected chi connectivity index (χ3v) is 5.79. The quantitative estimate of drug-likeness (QED) is 0.577. The minimum atomic E-state index is 0.258. The van der Waals surface area contributed by atoms with E-state index in [9.17, 15) is 0 Å². The maximum absolute atomic E-state index is 3.68. The Hall–Kier alpha value is -0.160. The molecule has 0 saturated heterocycles. The van der Waals surface area contributed by atoms with Crippen molar-refractivity contribution < 1.29 is 0 Å². The zero-order valence-electron chi connectivity index (χ0n) is 13.2. The van der Waals surface area contributed by atoms with Crippen LogP contribution in [0.4, 0.5) is 0 Å². The van der Waals surface area contributed by atoms with E-state index in [0.717, 1.165) is 6.54 Å². The molecule has 0 aromatic carbocycles. The van der Waals surface area contributed by atoms with Crippen molar-refractivity contribution >= 4 is 0 Å². The molecule has 112 valence electrons. The van der Waals surface area contributed by atoms with Gasteiger partial charge < -0.3 is 21.3 Å². The second-order valence-corrected chi connectivity index (χ2v) is 6.83. The molecular formula is C15H32N4. The van der Waals surface area contributed by atoms with Gasteiger partial charge in [0.25, 0.3) is 0 Å². The topological polar surface area (TPSA) is 48.1 Å². The molecule has 2 saturated carbocycles. The second kappa shape index (κ2) is 5.68. The summed E-state index contributed by atoms with van der Waals surface area (Å²) in [6.45, 7) is 1.08. The van der Waals surface area contributed by atoms with E-state index in [1.54, 1.807) is 0 Å². The molecule has 2 aliphatic carbocycles. The molecule has 2 rings (SSSR count). The lowest BCUT2D eigenvalue weighted by Crippen LogP contribution is -2.70. The van der Waals surface area contributed by atoms with Crippen LogP contribution in [-0.2, 0) is 0 Å². The van der Waals surface area contributed by atoms with Crippen LogP contribution in [-0.4, -0.2) is 51.4 Å². The average Bonchev–Trinajstić information content (AvgIpc) is 2.45. The molecule has 4 N–H and O–H groups in total. The summed E-state index contributed by atoms with van der Waals surface area (Å²) in [7, 11) is 8.49. The Labute approximate surface area is 118 Å². The molecule has 0 radical (unpaired) electrons. The van der Waals surface area contributed by atoms with Gasteiger partial charge in [0, 0.05) is 16.6 Å². The molecule has 4 nitrogen and oxygen atoms in total. The lowest BCUT2D eigenvalue weighted by molar-refractivity contribution is 0.0121. The fourth-order valence-electron chi connectivity index (χ4n) is 4.70. The van der Waals surface area contributed by atoms with Gasteiger partial charge in [-0.15, -0.1) is 0 Å². The minimum Gasteiger partial charge on any atom is -0.320 e. The number of hydrogen-bond acceptors (Lipinski definition) is 4. The first-order valence-corrected chi connectivity index (χ1v) is 7.79. The van der Waals surface area contributed by atoms with Crippen molar-refractivity contribution in [1.29, 1.82) is 0 Å². The van der Waals surface area contributed by atoms with Crippen LogP contribution in [0, 0.1) is 0 Å². The first-order chi connectivity index (χ1) is 9.07.